The predicted octanol–water partition coefficient (Wildman–Crippen LogP) is 2.39. The molecule has 0 radical (unpaired) electrons. The van der Waals surface area contributed by atoms with Crippen LogP contribution in [0.2, 0.25) is 0 Å². The van der Waals surface area contributed by atoms with Crippen LogP contribution < -0.4 is 15.2 Å². The summed E-state index contributed by atoms with van der Waals surface area (Å²) >= 11 is 0. The molecule has 0 bridgehead atoms. The number of hydrogen-bond acceptors (Lipinski definition) is 4. The van der Waals surface area contributed by atoms with Gasteiger partial charge in [0.1, 0.15) is 0 Å². The topological polar surface area (TPSA) is 53.7 Å². The first-order chi connectivity index (χ1) is 9.70. The summed E-state index contributed by atoms with van der Waals surface area (Å²) in [6.45, 7) is 6.92. The number of para-hydroxylation sites is 1. The van der Waals surface area contributed by atoms with E-state index in [2.05, 4.69) is 6.07 Å². The Hall–Kier alpha value is -1.26. The van der Waals surface area contributed by atoms with Crippen molar-refractivity contribution < 1.29 is 14.2 Å². The fourth-order valence-electron chi connectivity index (χ4n) is 2.42. The van der Waals surface area contributed by atoms with Gasteiger partial charge in [0, 0.05) is 18.6 Å². The van der Waals surface area contributed by atoms with Crippen molar-refractivity contribution in [3.63, 3.8) is 0 Å². The van der Waals surface area contributed by atoms with Crippen LogP contribution in [0.3, 0.4) is 0 Å². The molecule has 0 aromatic heterocycles. The second kappa shape index (κ2) is 7.50. The lowest BCUT2D eigenvalue weighted by atomic mass is 10.1. The Kier molecular flexibility index (Phi) is 5.68. The van der Waals surface area contributed by atoms with Gasteiger partial charge in [-0.25, -0.2) is 0 Å². The van der Waals surface area contributed by atoms with E-state index in [-0.39, 0.29) is 6.04 Å². The van der Waals surface area contributed by atoms with E-state index in [1.807, 2.05) is 26.0 Å². The van der Waals surface area contributed by atoms with Gasteiger partial charge >= 0.3 is 0 Å². The second-order valence-corrected chi connectivity index (χ2v) is 5.40. The van der Waals surface area contributed by atoms with Crippen molar-refractivity contribution in [3.05, 3.63) is 23.8 Å². The van der Waals surface area contributed by atoms with Gasteiger partial charge in [0.25, 0.3) is 0 Å². The number of nitrogens with two attached hydrogens (primary N) is 1. The highest BCUT2D eigenvalue weighted by Gasteiger charge is 2.19. The summed E-state index contributed by atoms with van der Waals surface area (Å²) in [4.78, 5) is 0. The van der Waals surface area contributed by atoms with E-state index < -0.39 is 0 Å². The molecule has 20 heavy (non-hydrogen) atoms. The molecule has 1 heterocycles. The van der Waals surface area contributed by atoms with Crippen molar-refractivity contribution >= 4 is 0 Å². The molecule has 1 aliphatic heterocycles. The number of hydrogen-bond donors (Lipinski definition) is 1. The highest BCUT2D eigenvalue weighted by molar-refractivity contribution is 5.47. The summed E-state index contributed by atoms with van der Waals surface area (Å²) < 4.78 is 17.1. The Balaban J connectivity index is 2.11. The first kappa shape index (κ1) is 15.1. The monoisotopic (exact) mass is 279 g/mol. The van der Waals surface area contributed by atoms with E-state index in [9.17, 15) is 0 Å². The van der Waals surface area contributed by atoms with Crippen LogP contribution >= 0.6 is 0 Å². The van der Waals surface area contributed by atoms with Gasteiger partial charge in [0.05, 0.1) is 19.8 Å². The Morgan fingerprint density at radius 3 is 2.90 bits per heavy atom. The van der Waals surface area contributed by atoms with E-state index in [1.54, 1.807) is 0 Å². The molecule has 2 rings (SSSR count). The molecule has 1 aromatic rings. The molecule has 2 unspecified atom stereocenters. The van der Waals surface area contributed by atoms with Crippen molar-refractivity contribution in [2.24, 2.45) is 11.7 Å². The van der Waals surface area contributed by atoms with Crippen molar-refractivity contribution in [3.8, 4) is 11.5 Å². The van der Waals surface area contributed by atoms with Gasteiger partial charge in [-0.15, -0.1) is 0 Å². The zero-order chi connectivity index (χ0) is 14.4. The van der Waals surface area contributed by atoms with Crippen molar-refractivity contribution in [1.82, 2.24) is 0 Å². The van der Waals surface area contributed by atoms with Gasteiger partial charge in [0.2, 0.25) is 0 Å². The fourth-order valence-corrected chi connectivity index (χ4v) is 2.42. The molecular formula is C16H25NO3. The molecule has 4 nitrogen and oxygen atoms in total. The average molecular weight is 279 g/mol. The van der Waals surface area contributed by atoms with Gasteiger partial charge in [0.15, 0.2) is 11.5 Å². The minimum absolute atomic E-state index is 0.101. The highest BCUT2D eigenvalue weighted by atomic mass is 16.5. The van der Waals surface area contributed by atoms with Crippen LogP contribution in [0.1, 0.15) is 25.8 Å². The van der Waals surface area contributed by atoms with Crippen LogP contribution in [0.15, 0.2) is 18.2 Å². The molecule has 0 aliphatic carbocycles. The molecule has 112 valence electrons. The Bertz CT molecular complexity index is 414. The quantitative estimate of drug-likeness (QED) is 0.832. The maximum atomic E-state index is 6.05. The lowest BCUT2D eigenvalue weighted by Gasteiger charge is -2.18. The van der Waals surface area contributed by atoms with E-state index >= 15 is 0 Å². The van der Waals surface area contributed by atoms with Crippen LogP contribution in [0.5, 0.6) is 11.5 Å². The van der Waals surface area contributed by atoms with Crippen LogP contribution in [-0.2, 0) is 11.2 Å². The first-order valence-electron chi connectivity index (χ1n) is 7.41. The summed E-state index contributed by atoms with van der Waals surface area (Å²) in [6, 6.07) is 6.11. The molecule has 0 spiro atoms. The van der Waals surface area contributed by atoms with Gasteiger partial charge in [-0.1, -0.05) is 12.1 Å². The molecule has 1 aromatic carbocycles. The second-order valence-electron chi connectivity index (χ2n) is 5.40. The van der Waals surface area contributed by atoms with Gasteiger partial charge in [-0.3, -0.25) is 0 Å². The summed E-state index contributed by atoms with van der Waals surface area (Å²) in [7, 11) is 0. The zero-order valence-electron chi connectivity index (χ0n) is 12.4. The van der Waals surface area contributed by atoms with E-state index in [0.717, 1.165) is 43.1 Å². The average Bonchev–Trinajstić information content (AvgIpc) is 2.91. The molecule has 1 fully saturated rings. The van der Waals surface area contributed by atoms with Crippen molar-refractivity contribution in [1.29, 1.82) is 0 Å². The standard InChI is InChI=1S/C16H25NO3/c1-3-19-15-6-4-5-14(9-12(2)17)16(15)20-11-13-7-8-18-10-13/h4-6,12-13H,3,7-11,17H2,1-2H3. The maximum absolute atomic E-state index is 6.05. The van der Waals surface area contributed by atoms with E-state index in [4.69, 9.17) is 19.9 Å². The molecule has 2 atom stereocenters. The maximum Gasteiger partial charge on any atom is 0.164 e. The van der Waals surface area contributed by atoms with Crippen LogP contribution in [-0.4, -0.2) is 32.5 Å². The third kappa shape index (κ3) is 4.12. The normalized spacial score (nSPS) is 19.9. The molecular weight excluding hydrogens is 254 g/mol. The Morgan fingerprint density at radius 2 is 2.25 bits per heavy atom. The van der Waals surface area contributed by atoms with Crippen LogP contribution in [0.4, 0.5) is 0 Å². The van der Waals surface area contributed by atoms with Crippen molar-refractivity contribution in [2.75, 3.05) is 26.4 Å². The number of ether oxygens (including phenoxy) is 3. The molecule has 4 heteroatoms. The number of benzene rings is 1. The Morgan fingerprint density at radius 1 is 1.40 bits per heavy atom. The molecule has 0 amide bonds. The summed E-state index contributed by atoms with van der Waals surface area (Å²) in [5.74, 6) is 2.14. The fraction of sp³-hybridized carbons (Fsp3) is 0.625. The summed E-state index contributed by atoms with van der Waals surface area (Å²) in [5.41, 5.74) is 7.03. The SMILES string of the molecule is CCOc1cccc(CC(C)N)c1OCC1CCOC1. The van der Waals surface area contributed by atoms with Gasteiger partial charge in [-0.05, 0) is 38.3 Å². The summed E-state index contributed by atoms with van der Waals surface area (Å²) in [6.07, 6.45) is 1.86. The Labute approximate surface area is 121 Å². The largest absolute Gasteiger partial charge is 0.490 e. The minimum Gasteiger partial charge on any atom is -0.490 e. The lowest BCUT2D eigenvalue weighted by molar-refractivity contribution is 0.164. The molecule has 1 aliphatic rings. The number of rotatable bonds is 7. The predicted molar refractivity (Wildman–Crippen MR) is 79.4 cm³/mol. The van der Waals surface area contributed by atoms with Gasteiger partial charge in [-0.2, -0.15) is 0 Å². The van der Waals surface area contributed by atoms with E-state index in [0.29, 0.717) is 19.1 Å². The highest BCUT2D eigenvalue weighted by Crippen LogP contribution is 2.33. The summed E-state index contributed by atoms with van der Waals surface area (Å²) in [5, 5.41) is 0. The van der Waals surface area contributed by atoms with E-state index in [1.165, 1.54) is 0 Å². The molecule has 0 saturated carbocycles. The van der Waals surface area contributed by atoms with Crippen molar-refractivity contribution in [2.45, 2.75) is 32.7 Å². The van der Waals surface area contributed by atoms with Crippen LogP contribution in [0.25, 0.3) is 0 Å². The first-order valence-corrected chi connectivity index (χ1v) is 7.41. The lowest BCUT2D eigenvalue weighted by Crippen LogP contribution is -2.19. The minimum atomic E-state index is 0.101. The van der Waals surface area contributed by atoms with Gasteiger partial charge < -0.3 is 19.9 Å². The molecule has 1 saturated heterocycles. The zero-order valence-corrected chi connectivity index (χ0v) is 12.4. The van der Waals surface area contributed by atoms with Crippen LogP contribution in [0, 0.1) is 5.92 Å². The third-order valence-corrected chi connectivity index (χ3v) is 3.39. The molecule has 2 N–H and O–H groups in total. The smallest absolute Gasteiger partial charge is 0.164 e. The third-order valence-electron chi connectivity index (χ3n) is 3.39.